The fourth-order valence-electron chi connectivity index (χ4n) is 5.71. The van der Waals surface area contributed by atoms with E-state index in [-0.39, 0.29) is 11.6 Å². The lowest BCUT2D eigenvalue weighted by Crippen LogP contribution is -2.46. The molecular formula is C30H44N4O6. The number of urea groups is 1. The fraction of sp³-hybridized carbons (Fsp3) is 0.533. The number of nitrogens with zero attached hydrogens (tertiary/aromatic N) is 2. The topological polar surface area (TPSA) is 102 Å². The van der Waals surface area contributed by atoms with E-state index in [1.165, 1.54) is 5.70 Å². The monoisotopic (exact) mass is 556 g/mol. The largest absolute Gasteiger partial charge is 0.499 e. The highest BCUT2D eigenvalue weighted by atomic mass is 16.5. The van der Waals surface area contributed by atoms with Crippen LogP contribution < -0.4 is 20.1 Å². The molecule has 2 N–H and O–H groups in total. The quantitative estimate of drug-likeness (QED) is 0.272. The Morgan fingerprint density at radius 3 is 2.60 bits per heavy atom. The molecule has 220 valence electrons. The van der Waals surface area contributed by atoms with E-state index in [1.807, 2.05) is 17.0 Å². The van der Waals surface area contributed by atoms with Crippen molar-refractivity contribution in [2.24, 2.45) is 0 Å². The van der Waals surface area contributed by atoms with Crippen LogP contribution in [0.5, 0.6) is 11.5 Å². The molecule has 1 atom stereocenters. The molecule has 10 heteroatoms. The van der Waals surface area contributed by atoms with Crippen molar-refractivity contribution in [2.75, 3.05) is 54.7 Å². The van der Waals surface area contributed by atoms with Crippen LogP contribution in [0, 0.1) is 0 Å². The van der Waals surface area contributed by atoms with Crippen LogP contribution >= 0.6 is 0 Å². The molecule has 1 unspecified atom stereocenters. The summed E-state index contributed by atoms with van der Waals surface area (Å²) in [4.78, 5) is 27.6. The zero-order chi connectivity index (χ0) is 29.1. The maximum Gasteiger partial charge on any atom is 0.325 e. The third kappa shape index (κ3) is 6.62. The van der Waals surface area contributed by atoms with Gasteiger partial charge in [0.1, 0.15) is 17.3 Å². The molecule has 3 amide bonds. The van der Waals surface area contributed by atoms with Crippen LogP contribution in [0.1, 0.15) is 44.2 Å². The Hall–Kier alpha value is -3.50. The Morgan fingerprint density at radius 2 is 1.95 bits per heavy atom. The smallest absolute Gasteiger partial charge is 0.325 e. The van der Waals surface area contributed by atoms with Gasteiger partial charge in [0.05, 0.1) is 45.7 Å². The van der Waals surface area contributed by atoms with Crippen LogP contribution in [0.4, 0.5) is 4.79 Å². The number of fused-ring (bicyclic) bond motifs is 3. The number of allylic oxidation sites excluding steroid dienone is 3. The number of ether oxygens (including phenoxy) is 4. The summed E-state index contributed by atoms with van der Waals surface area (Å²) in [5, 5.41) is 6.02. The van der Waals surface area contributed by atoms with E-state index < -0.39 is 0 Å². The van der Waals surface area contributed by atoms with E-state index in [4.69, 9.17) is 18.9 Å². The maximum atomic E-state index is 13.4. The molecule has 0 aliphatic carbocycles. The number of nitrogens with one attached hydrogen (secondary N) is 2. The van der Waals surface area contributed by atoms with Gasteiger partial charge in [-0.15, -0.1) is 0 Å². The van der Waals surface area contributed by atoms with Gasteiger partial charge in [-0.2, -0.15) is 0 Å². The van der Waals surface area contributed by atoms with Gasteiger partial charge in [0.25, 0.3) is 0 Å². The molecule has 2 saturated heterocycles. The van der Waals surface area contributed by atoms with Crippen molar-refractivity contribution in [3.8, 4) is 11.5 Å². The van der Waals surface area contributed by atoms with Crippen LogP contribution in [0.25, 0.3) is 0 Å². The summed E-state index contributed by atoms with van der Waals surface area (Å²) in [6.07, 6.45) is 10.2. The lowest BCUT2D eigenvalue weighted by Gasteiger charge is -2.36. The van der Waals surface area contributed by atoms with Crippen molar-refractivity contribution in [3.63, 3.8) is 0 Å². The molecule has 3 aliphatic rings. The minimum Gasteiger partial charge on any atom is -0.499 e. The molecule has 0 bridgehead atoms. The number of methoxy groups -OCH3 is 4. The number of carbonyl (C=O) groups excluding carboxylic acids is 2. The molecule has 2 fully saturated rings. The normalized spacial score (nSPS) is 20.9. The Labute approximate surface area is 238 Å². The Morgan fingerprint density at radius 1 is 1.15 bits per heavy atom. The van der Waals surface area contributed by atoms with Gasteiger partial charge in [0.15, 0.2) is 0 Å². The average Bonchev–Trinajstić information content (AvgIpc) is 3.21. The van der Waals surface area contributed by atoms with Gasteiger partial charge in [-0.25, -0.2) is 4.79 Å². The third-order valence-electron chi connectivity index (χ3n) is 7.73. The summed E-state index contributed by atoms with van der Waals surface area (Å²) in [6.45, 7) is 7.63. The van der Waals surface area contributed by atoms with Crippen LogP contribution in [0.15, 0.2) is 47.5 Å². The number of carbonyl (C=O) groups is 2. The molecule has 3 heterocycles. The summed E-state index contributed by atoms with van der Waals surface area (Å²) in [6, 6.07) is 4.09. The van der Waals surface area contributed by atoms with Gasteiger partial charge in [0.2, 0.25) is 6.41 Å². The van der Waals surface area contributed by atoms with Crippen LogP contribution in [-0.2, 0) is 27.2 Å². The number of rotatable bonds is 9. The zero-order valence-corrected chi connectivity index (χ0v) is 24.7. The van der Waals surface area contributed by atoms with Crippen molar-refractivity contribution in [3.05, 3.63) is 58.6 Å². The molecule has 0 radical (unpaired) electrons. The summed E-state index contributed by atoms with van der Waals surface area (Å²) in [5.74, 6) is 2.25. The first-order chi connectivity index (χ1) is 19.4. The fourth-order valence-corrected chi connectivity index (χ4v) is 5.71. The van der Waals surface area contributed by atoms with Gasteiger partial charge in [0, 0.05) is 31.0 Å². The van der Waals surface area contributed by atoms with Crippen LogP contribution in [0.2, 0.25) is 0 Å². The number of likely N-dealkylation sites (N-methyl/N-ethyl adjacent to an activating group) is 1. The summed E-state index contributed by atoms with van der Waals surface area (Å²) in [7, 11) is 6.50. The van der Waals surface area contributed by atoms with Crippen molar-refractivity contribution in [1.29, 1.82) is 0 Å². The molecule has 40 heavy (non-hydrogen) atoms. The standard InChI is InChI=1S/C21H29N3O3.C9H15NO3/c1-4-24-20(25)23-14-15-12-16(26-2)13-18(27-3)17(15)6-7-19(23)21(24)8-5-10-22-11-9-21;1-8(13-3)9(10-7-11)5-4-6-12-2/h7,12-13,22H,4-6,8-11,14H2,1-3H3;4-5,7H,6H2,1-3H3,(H,10,11)/b;5-4-,9-8-. The van der Waals surface area contributed by atoms with E-state index in [0.717, 1.165) is 67.9 Å². The minimum absolute atomic E-state index is 0.125. The Balaban J connectivity index is 0.000000289. The zero-order valence-electron chi connectivity index (χ0n) is 24.7. The Bertz CT molecular complexity index is 1120. The number of hydrogen-bond donors (Lipinski definition) is 2. The molecule has 10 nitrogen and oxygen atoms in total. The number of hydrogen-bond acceptors (Lipinski definition) is 7. The molecule has 1 spiro atoms. The lowest BCUT2D eigenvalue weighted by molar-refractivity contribution is -0.108. The number of amides is 3. The minimum atomic E-state index is -0.186. The second-order valence-electron chi connectivity index (χ2n) is 9.80. The van der Waals surface area contributed by atoms with Gasteiger partial charge in [-0.3, -0.25) is 9.69 Å². The van der Waals surface area contributed by atoms with Crippen LogP contribution in [0.3, 0.4) is 0 Å². The van der Waals surface area contributed by atoms with E-state index in [0.29, 0.717) is 31.0 Å². The third-order valence-corrected chi connectivity index (χ3v) is 7.73. The summed E-state index contributed by atoms with van der Waals surface area (Å²) in [5.41, 5.74) is 3.88. The van der Waals surface area contributed by atoms with E-state index in [9.17, 15) is 9.59 Å². The maximum absolute atomic E-state index is 13.4. The first-order valence-electron chi connectivity index (χ1n) is 13.7. The predicted octanol–water partition coefficient (Wildman–Crippen LogP) is 3.73. The van der Waals surface area contributed by atoms with Crippen molar-refractivity contribution >= 4 is 12.4 Å². The molecule has 1 aromatic rings. The SMILES string of the molecule is CCN1C(=O)N2Cc3cc(OC)cc(OC)c3CC=C2C12CCCNCC2.COC/C=C\C(NC=O)=C(/C)OC. The van der Waals surface area contributed by atoms with Crippen molar-refractivity contribution < 1.29 is 28.5 Å². The highest BCUT2D eigenvalue weighted by Gasteiger charge is 2.53. The molecule has 1 aromatic carbocycles. The lowest BCUT2D eigenvalue weighted by atomic mass is 9.85. The predicted molar refractivity (Wildman–Crippen MR) is 154 cm³/mol. The van der Waals surface area contributed by atoms with Gasteiger partial charge in [-0.1, -0.05) is 12.2 Å². The number of benzene rings is 1. The first-order valence-corrected chi connectivity index (χ1v) is 13.7. The summed E-state index contributed by atoms with van der Waals surface area (Å²) < 4.78 is 20.9. The van der Waals surface area contributed by atoms with Crippen molar-refractivity contribution in [2.45, 2.75) is 51.6 Å². The van der Waals surface area contributed by atoms with E-state index >= 15 is 0 Å². The van der Waals surface area contributed by atoms with E-state index in [2.05, 4.69) is 28.5 Å². The van der Waals surface area contributed by atoms with Crippen LogP contribution in [-0.4, -0.2) is 82.5 Å². The van der Waals surface area contributed by atoms with Gasteiger partial charge in [-0.05, 0) is 70.3 Å². The first kappa shape index (κ1) is 31.0. The van der Waals surface area contributed by atoms with E-state index in [1.54, 1.807) is 47.5 Å². The Kier molecular flexibility index (Phi) is 11.5. The highest BCUT2D eigenvalue weighted by molar-refractivity contribution is 5.83. The summed E-state index contributed by atoms with van der Waals surface area (Å²) >= 11 is 0. The average molecular weight is 557 g/mol. The molecular weight excluding hydrogens is 512 g/mol. The molecule has 3 aliphatic heterocycles. The van der Waals surface area contributed by atoms with Gasteiger partial charge >= 0.3 is 6.03 Å². The second-order valence-corrected chi connectivity index (χ2v) is 9.80. The second kappa shape index (κ2) is 14.8. The highest BCUT2D eigenvalue weighted by Crippen LogP contribution is 2.46. The van der Waals surface area contributed by atoms with Crippen molar-refractivity contribution in [1.82, 2.24) is 20.4 Å². The molecule has 0 aromatic heterocycles. The molecule has 0 saturated carbocycles. The van der Waals surface area contributed by atoms with Gasteiger partial charge < -0.3 is 34.5 Å². The molecule has 4 rings (SSSR count).